The van der Waals surface area contributed by atoms with Gasteiger partial charge in [0, 0.05) is 10.9 Å². The Bertz CT molecular complexity index is 968. The summed E-state index contributed by atoms with van der Waals surface area (Å²) >= 11 is 2.79. The smallest absolute Gasteiger partial charge is 0.236 e. The van der Waals surface area contributed by atoms with Crippen molar-refractivity contribution in [2.24, 2.45) is 0 Å². The van der Waals surface area contributed by atoms with Crippen LogP contribution in [0.3, 0.4) is 0 Å². The average Bonchev–Trinajstić information content (AvgIpc) is 3.16. The molecule has 3 aromatic rings. The average molecular weight is 401 g/mol. The van der Waals surface area contributed by atoms with Crippen LogP contribution in [0.2, 0.25) is 0 Å². The zero-order valence-electron chi connectivity index (χ0n) is 15.4. The van der Waals surface area contributed by atoms with Crippen LogP contribution in [-0.2, 0) is 4.79 Å². The summed E-state index contributed by atoms with van der Waals surface area (Å²) in [6.07, 6.45) is 2.20. The molecule has 1 N–H and O–H groups in total. The van der Waals surface area contributed by atoms with Gasteiger partial charge in [-0.1, -0.05) is 29.5 Å². The van der Waals surface area contributed by atoms with Crippen LogP contribution in [0.1, 0.15) is 35.6 Å². The number of hydrogen-bond donors (Lipinski definition) is 1. The molecule has 2 aromatic heterocycles. The van der Waals surface area contributed by atoms with Crippen molar-refractivity contribution < 1.29 is 4.79 Å². The van der Waals surface area contributed by atoms with Crippen LogP contribution in [0, 0.1) is 20.8 Å². The van der Waals surface area contributed by atoms with Crippen molar-refractivity contribution in [2.75, 3.05) is 11.1 Å². The third-order valence-corrected chi connectivity index (χ3v) is 6.06. The number of benzene rings is 1. The van der Waals surface area contributed by atoms with Crippen LogP contribution in [-0.4, -0.2) is 36.9 Å². The van der Waals surface area contributed by atoms with E-state index in [2.05, 4.69) is 58.7 Å². The Kier molecular flexibility index (Phi) is 4.96. The fourth-order valence-corrected chi connectivity index (χ4v) is 4.61. The lowest BCUT2D eigenvalue weighted by atomic mass is 9.98. The van der Waals surface area contributed by atoms with Gasteiger partial charge in [0.2, 0.25) is 11.1 Å². The quantitative estimate of drug-likeness (QED) is 0.634. The summed E-state index contributed by atoms with van der Waals surface area (Å²) in [5.41, 5.74) is 5.66. The fourth-order valence-electron chi connectivity index (χ4n) is 3.14. The number of anilines is 1. The first kappa shape index (κ1) is 18.1. The molecule has 1 aliphatic carbocycles. The first-order chi connectivity index (χ1) is 13.0. The third kappa shape index (κ3) is 4.03. The van der Waals surface area contributed by atoms with Gasteiger partial charge in [-0.3, -0.25) is 4.79 Å². The largest absolute Gasteiger partial charge is 0.301 e. The highest BCUT2D eigenvalue weighted by Gasteiger charge is 2.28. The SMILES string of the molecule is Cc1cc(C)c(-c2csc(NC(=O)CSc3nnnn3C3CC3)n2)c(C)c1. The summed E-state index contributed by atoms with van der Waals surface area (Å²) in [4.78, 5) is 16.9. The summed E-state index contributed by atoms with van der Waals surface area (Å²) in [7, 11) is 0. The molecule has 7 nitrogen and oxygen atoms in total. The molecule has 0 spiro atoms. The van der Waals surface area contributed by atoms with Crippen LogP contribution in [0.4, 0.5) is 5.13 Å². The van der Waals surface area contributed by atoms with Gasteiger partial charge in [-0.2, -0.15) is 0 Å². The van der Waals surface area contributed by atoms with Crippen LogP contribution < -0.4 is 5.32 Å². The van der Waals surface area contributed by atoms with E-state index in [1.54, 1.807) is 0 Å². The Hall–Kier alpha value is -2.26. The number of tetrazole rings is 1. The van der Waals surface area contributed by atoms with Gasteiger partial charge in [0.25, 0.3) is 0 Å². The predicted octanol–water partition coefficient (Wildman–Crippen LogP) is 3.79. The molecule has 140 valence electrons. The monoisotopic (exact) mass is 400 g/mol. The predicted molar refractivity (Wildman–Crippen MR) is 107 cm³/mol. The number of hydrogen-bond acceptors (Lipinski definition) is 7. The normalized spacial score (nSPS) is 13.7. The summed E-state index contributed by atoms with van der Waals surface area (Å²) in [5.74, 6) is 0.147. The van der Waals surface area contributed by atoms with E-state index < -0.39 is 0 Å². The molecule has 4 rings (SSSR count). The van der Waals surface area contributed by atoms with Crippen molar-refractivity contribution in [2.45, 2.75) is 44.8 Å². The maximum absolute atomic E-state index is 12.3. The summed E-state index contributed by atoms with van der Waals surface area (Å²) in [6, 6.07) is 4.70. The minimum atomic E-state index is -0.108. The fraction of sp³-hybridized carbons (Fsp3) is 0.389. The van der Waals surface area contributed by atoms with Gasteiger partial charge < -0.3 is 5.32 Å². The zero-order valence-corrected chi connectivity index (χ0v) is 17.0. The van der Waals surface area contributed by atoms with Crippen molar-refractivity contribution in [3.8, 4) is 11.3 Å². The molecule has 1 aromatic carbocycles. The molecule has 0 unspecified atom stereocenters. The van der Waals surface area contributed by atoms with Crippen molar-refractivity contribution in [1.82, 2.24) is 25.2 Å². The molecule has 0 atom stereocenters. The molecule has 0 radical (unpaired) electrons. The molecule has 0 aliphatic heterocycles. The first-order valence-electron chi connectivity index (χ1n) is 8.75. The Morgan fingerprint density at radius 2 is 2.04 bits per heavy atom. The molecule has 1 amide bonds. The minimum Gasteiger partial charge on any atom is -0.301 e. The highest BCUT2D eigenvalue weighted by atomic mass is 32.2. The van der Waals surface area contributed by atoms with Gasteiger partial charge in [-0.15, -0.1) is 16.4 Å². The molecule has 27 heavy (non-hydrogen) atoms. The van der Waals surface area contributed by atoms with Crippen molar-refractivity contribution in [3.05, 3.63) is 34.2 Å². The number of nitrogens with one attached hydrogen (secondary N) is 1. The number of carbonyl (C=O) groups excluding carboxylic acids is 1. The van der Waals surface area contributed by atoms with E-state index in [-0.39, 0.29) is 11.7 Å². The standard InChI is InChI=1S/C18H20N6OS2/c1-10-6-11(2)16(12(3)7-10)14-8-26-17(19-14)20-15(25)9-27-18-21-22-23-24(18)13-4-5-13/h6-8,13H,4-5,9H2,1-3H3,(H,19,20,25). The van der Waals surface area contributed by atoms with Crippen LogP contribution >= 0.6 is 23.1 Å². The van der Waals surface area contributed by atoms with Gasteiger partial charge in [0.1, 0.15) is 0 Å². The topological polar surface area (TPSA) is 85.6 Å². The second-order valence-electron chi connectivity index (χ2n) is 6.79. The van der Waals surface area contributed by atoms with Gasteiger partial charge in [0.05, 0.1) is 17.5 Å². The molecule has 0 bridgehead atoms. The van der Waals surface area contributed by atoms with Gasteiger partial charge in [-0.05, 0) is 55.2 Å². The van der Waals surface area contributed by atoms with Gasteiger partial charge in [0.15, 0.2) is 5.13 Å². The number of aryl methyl sites for hydroxylation is 3. The lowest BCUT2D eigenvalue weighted by Gasteiger charge is -2.08. The molecular formula is C18H20N6OS2. The van der Waals surface area contributed by atoms with E-state index in [4.69, 9.17) is 0 Å². The lowest BCUT2D eigenvalue weighted by molar-refractivity contribution is -0.113. The first-order valence-corrected chi connectivity index (χ1v) is 10.6. The van der Waals surface area contributed by atoms with Crippen LogP contribution in [0.15, 0.2) is 22.7 Å². The second kappa shape index (κ2) is 7.40. The number of amides is 1. The summed E-state index contributed by atoms with van der Waals surface area (Å²) < 4.78 is 1.81. The molecule has 1 saturated carbocycles. The number of thiazole rings is 1. The van der Waals surface area contributed by atoms with E-state index >= 15 is 0 Å². The van der Waals surface area contributed by atoms with Gasteiger partial charge >= 0.3 is 0 Å². The molecule has 1 aliphatic rings. The maximum Gasteiger partial charge on any atom is 0.236 e. The summed E-state index contributed by atoms with van der Waals surface area (Å²) in [5, 5.41) is 17.9. The zero-order chi connectivity index (χ0) is 19.0. The van der Waals surface area contributed by atoms with E-state index in [0.717, 1.165) is 24.1 Å². The van der Waals surface area contributed by atoms with Crippen molar-refractivity contribution in [1.29, 1.82) is 0 Å². The highest BCUT2D eigenvalue weighted by Crippen LogP contribution is 2.36. The molecular weight excluding hydrogens is 380 g/mol. The Morgan fingerprint density at radius 3 is 2.74 bits per heavy atom. The van der Waals surface area contributed by atoms with E-state index in [9.17, 15) is 4.79 Å². The number of carbonyl (C=O) groups is 1. The summed E-state index contributed by atoms with van der Waals surface area (Å²) in [6.45, 7) is 6.27. The van der Waals surface area contributed by atoms with E-state index in [0.29, 0.717) is 16.3 Å². The van der Waals surface area contributed by atoms with Crippen LogP contribution in [0.25, 0.3) is 11.3 Å². The van der Waals surface area contributed by atoms with E-state index in [1.807, 2.05) is 10.1 Å². The van der Waals surface area contributed by atoms with Gasteiger partial charge in [-0.25, -0.2) is 9.67 Å². The number of aromatic nitrogens is 5. The number of nitrogens with zero attached hydrogens (tertiary/aromatic N) is 5. The highest BCUT2D eigenvalue weighted by molar-refractivity contribution is 7.99. The molecule has 9 heteroatoms. The van der Waals surface area contributed by atoms with E-state index in [1.165, 1.54) is 39.8 Å². The van der Waals surface area contributed by atoms with Crippen LogP contribution in [0.5, 0.6) is 0 Å². The molecule has 2 heterocycles. The maximum atomic E-state index is 12.3. The second-order valence-corrected chi connectivity index (χ2v) is 8.59. The Balaban J connectivity index is 1.40. The Morgan fingerprint density at radius 1 is 1.30 bits per heavy atom. The van der Waals surface area contributed by atoms with Crippen molar-refractivity contribution in [3.63, 3.8) is 0 Å². The minimum absolute atomic E-state index is 0.108. The lowest BCUT2D eigenvalue weighted by Crippen LogP contribution is -2.14. The Labute approximate surface area is 165 Å². The van der Waals surface area contributed by atoms with Crippen molar-refractivity contribution >= 4 is 34.1 Å². The number of thioether (sulfide) groups is 1. The third-order valence-electron chi connectivity index (χ3n) is 4.37. The number of rotatable bonds is 6. The molecule has 1 fully saturated rings. The molecule has 0 saturated heterocycles.